The quantitative estimate of drug-likeness (QED) is 0.132. The predicted octanol–water partition coefficient (Wildman–Crippen LogP) is 5.46. The summed E-state index contributed by atoms with van der Waals surface area (Å²) in [6.07, 6.45) is -9.68. The van der Waals surface area contributed by atoms with Crippen LogP contribution in [0, 0.1) is 10.1 Å². The molecule has 49 heavy (non-hydrogen) atoms. The minimum atomic E-state index is -5.04. The van der Waals surface area contributed by atoms with Crippen molar-refractivity contribution in [3.63, 3.8) is 0 Å². The van der Waals surface area contributed by atoms with Crippen molar-refractivity contribution in [2.24, 2.45) is 0 Å². The Balaban J connectivity index is 1.32. The summed E-state index contributed by atoms with van der Waals surface area (Å²) in [5.74, 6) is -2.42. The molecule has 19 heteroatoms. The minimum absolute atomic E-state index is 0.0519. The van der Waals surface area contributed by atoms with E-state index in [1.165, 1.54) is 48.2 Å². The van der Waals surface area contributed by atoms with Gasteiger partial charge < -0.3 is 10.2 Å². The van der Waals surface area contributed by atoms with Gasteiger partial charge in [-0.05, 0) is 54.4 Å². The smallest absolute Gasteiger partial charge is 0.350 e. The van der Waals surface area contributed by atoms with Crippen LogP contribution >= 0.6 is 0 Å². The van der Waals surface area contributed by atoms with Gasteiger partial charge >= 0.3 is 12.4 Å². The van der Waals surface area contributed by atoms with Crippen LogP contribution in [0.25, 0.3) is 0 Å². The number of hydrogen-bond donors (Lipinski definition) is 2. The molecule has 0 spiro atoms. The van der Waals surface area contributed by atoms with Gasteiger partial charge in [0, 0.05) is 30.8 Å². The van der Waals surface area contributed by atoms with Crippen molar-refractivity contribution in [3.8, 4) is 0 Å². The van der Waals surface area contributed by atoms with E-state index in [-0.39, 0.29) is 42.3 Å². The zero-order valence-corrected chi connectivity index (χ0v) is 25.9. The third-order valence-electron chi connectivity index (χ3n) is 7.54. The SMILES string of the molecule is CC(NC(=O)c1c(C(F)(F)F)nn2c1N(Cc1cccc(C(F)(F)F)c1)CC2)c1ccc(C(=O)NS(=O)(=O)c2ccc([N+](=O)[O-])cc2)cc1. The van der Waals surface area contributed by atoms with E-state index in [1.54, 1.807) is 0 Å². The molecule has 258 valence electrons. The Morgan fingerprint density at radius 2 is 1.59 bits per heavy atom. The summed E-state index contributed by atoms with van der Waals surface area (Å²) in [5.41, 5.74) is -3.23. The number of aromatic nitrogens is 2. The fourth-order valence-corrected chi connectivity index (χ4v) is 6.12. The highest BCUT2D eigenvalue weighted by atomic mass is 32.2. The Kier molecular flexibility index (Phi) is 9.15. The molecule has 0 saturated carbocycles. The van der Waals surface area contributed by atoms with Crippen molar-refractivity contribution in [3.05, 3.63) is 116 Å². The second-order valence-electron chi connectivity index (χ2n) is 10.9. The number of non-ortho nitro benzene ring substituents is 1. The van der Waals surface area contributed by atoms with Gasteiger partial charge in [-0.2, -0.15) is 31.4 Å². The first-order valence-electron chi connectivity index (χ1n) is 14.2. The fourth-order valence-electron chi connectivity index (χ4n) is 5.14. The number of halogens is 6. The molecule has 2 amide bonds. The molecule has 1 aliphatic heterocycles. The molecule has 1 aromatic heterocycles. The predicted molar refractivity (Wildman–Crippen MR) is 160 cm³/mol. The number of anilines is 1. The minimum Gasteiger partial charge on any atom is -0.350 e. The summed E-state index contributed by atoms with van der Waals surface area (Å²) in [6.45, 7) is 1.25. The maximum Gasteiger partial charge on any atom is 0.436 e. The lowest BCUT2D eigenvalue weighted by molar-refractivity contribution is -0.384. The van der Waals surface area contributed by atoms with Gasteiger partial charge in [-0.3, -0.25) is 19.7 Å². The van der Waals surface area contributed by atoms with Crippen molar-refractivity contribution < 1.29 is 49.3 Å². The lowest BCUT2D eigenvalue weighted by atomic mass is 10.0. The molecular formula is C30H24F6N6O6S. The Labute approximate surface area is 273 Å². The molecule has 1 atom stereocenters. The van der Waals surface area contributed by atoms with Gasteiger partial charge in [-0.1, -0.05) is 24.3 Å². The maximum atomic E-state index is 14.0. The highest BCUT2D eigenvalue weighted by molar-refractivity contribution is 7.90. The van der Waals surface area contributed by atoms with Crippen LogP contribution in [0.5, 0.6) is 0 Å². The number of hydrogen-bond acceptors (Lipinski definition) is 8. The Hall–Kier alpha value is -5.46. The number of carbonyl (C=O) groups is 2. The summed E-state index contributed by atoms with van der Waals surface area (Å²) >= 11 is 0. The number of sulfonamides is 1. The van der Waals surface area contributed by atoms with Crippen molar-refractivity contribution in [1.29, 1.82) is 0 Å². The second kappa shape index (κ2) is 12.9. The van der Waals surface area contributed by atoms with E-state index in [0.717, 1.165) is 41.1 Å². The van der Waals surface area contributed by atoms with Gasteiger partial charge in [0.25, 0.3) is 27.5 Å². The number of benzene rings is 3. The summed E-state index contributed by atoms with van der Waals surface area (Å²) < 4.78 is 110. The van der Waals surface area contributed by atoms with Crippen LogP contribution in [0.15, 0.2) is 77.7 Å². The van der Waals surface area contributed by atoms with Crippen LogP contribution in [0.3, 0.4) is 0 Å². The fraction of sp³-hybridized carbons (Fsp3) is 0.233. The first-order chi connectivity index (χ1) is 22.8. The number of amides is 2. The summed E-state index contributed by atoms with van der Waals surface area (Å²) in [7, 11) is -4.41. The lowest BCUT2D eigenvalue weighted by Crippen LogP contribution is -2.31. The molecule has 12 nitrogen and oxygen atoms in total. The van der Waals surface area contributed by atoms with Crippen molar-refractivity contribution in [1.82, 2.24) is 19.8 Å². The third kappa shape index (κ3) is 7.50. The lowest BCUT2D eigenvalue weighted by Gasteiger charge is -2.21. The summed E-state index contributed by atoms with van der Waals surface area (Å²) in [5, 5.41) is 16.9. The molecule has 0 bridgehead atoms. The number of nitrogens with one attached hydrogen (secondary N) is 2. The number of nitro groups is 1. The van der Waals surface area contributed by atoms with Crippen molar-refractivity contribution in [2.75, 3.05) is 11.4 Å². The molecular weight excluding hydrogens is 686 g/mol. The average Bonchev–Trinajstić information content (AvgIpc) is 3.61. The van der Waals surface area contributed by atoms with Crippen LogP contribution in [-0.2, 0) is 35.5 Å². The largest absolute Gasteiger partial charge is 0.436 e. The standard InChI is InChI=1S/C30H24F6N6O6S/c1-17(19-5-7-20(8-6-19)26(43)39-49(47,48)23-11-9-22(10-12-23)42(45)46)37-27(44)24-25(30(34,35)36)38-41-14-13-40(28(24)41)16-18-3-2-4-21(15-18)29(31,32)33/h2-12,15,17H,13-14,16H2,1H3,(H,37,44)(H,39,43). The van der Waals surface area contributed by atoms with E-state index in [9.17, 15) is 54.5 Å². The number of carbonyl (C=O) groups excluding carboxylic acids is 2. The van der Waals surface area contributed by atoms with E-state index < -0.39 is 66.9 Å². The number of nitrogens with zero attached hydrogens (tertiary/aromatic N) is 4. The van der Waals surface area contributed by atoms with Gasteiger partial charge in [-0.15, -0.1) is 0 Å². The Morgan fingerprint density at radius 3 is 2.18 bits per heavy atom. The Morgan fingerprint density at radius 1 is 0.939 bits per heavy atom. The molecule has 0 saturated heterocycles. The number of nitro benzene ring substituents is 1. The highest BCUT2D eigenvalue weighted by Crippen LogP contribution is 2.39. The van der Waals surface area contributed by atoms with Gasteiger partial charge in [0.2, 0.25) is 0 Å². The average molecular weight is 711 g/mol. The molecule has 4 aromatic rings. The number of fused-ring (bicyclic) bond motifs is 1. The molecule has 0 fully saturated rings. The van der Waals surface area contributed by atoms with Crippen LogP contribution in [0.4, 0.5) is 37.8 Å². The van der Waals surface area contributed by atoms with Gasteiger partial charge in [0.15, 0.2) is 5.69 Å². The highest BCUT2D eigenvalue weighted by Gasteiger charge is 2.44. The molecule has 5 rings (SSSR count). The molecule has 1 aliphatic rings. The van der Waals surface area contributed by atoms with E-state index >= 15 is 0 Å². The van der Waals surface area contributed by atoms with Crippen LogP contribution in [-0.4, -0.2) is 41.5 Å². The molecule has 0 aliphatic carbocycles. The van der Waals surface area contributed by atoms with Crippen LogP contribution in [0.2, 0.25) is 0 Å². The molecule has 2 N–H and O–H groups in total. The van der Waals surface area contributed by atoms with Crippen LogP contribution < -0.4 is 14.9 Å². The van der Waals surface area contributed by atoms with Gasteiger partial charge in [-0.25, -0.2) is 17.8 Å². The normalized spacial score (nSPS) is 13.9. The third-order valence-corrected chi connectivity index (χ3v) is 8.88. The second-order valence-corrected chi connectivity index (χ2v) is 12.6. The first kappa shape index (κ1) is 34.9. The first-order valence-corrected chi connectivity index (χ1v) is 15.6. The molecule has 1 unspecified atom stereocenters. The Bertz CT molecular complexity index is 2030. The van der Waals surface area contributed by atoms with Gasteiger partial charge in [0.1, 0.15) is 11.4 Å². The summed E-state index contributed by atoms with van der Waals surface area (Å²) in [4.78, 5) is 37.1. The van der Waals surface area contributed by atoms with Crippen LogP contribution in [0.1, 0.15) is 56.1 Å². The molecule has 0 radical (unpaired) electrons. The maximum absolute atomic E-state index is 14.0. The number of rotatable bonds is 9. The zero-order valence-electron chi connectivity index (χ0n) is 25.0. The topological polar surface area (TPSA) is 157 Å². The van der Waals surface area contributed by atoms with E-state index in [4.69, 9.17) is 0 Å². The van der Waals surface area contributed by atoms with E-state index in [0.29, 0.717) is 5.56 Å². The van der Waals surface area contributed by atoms with Gasteiger partial charge in [0.05, 0.1) is 28.0 Å². The van der Waals surface area contributed by atoms with E-state index in [1.807, 2.05) is 4.72 Å². The van der Waals surface area contributed by atoms with E-state index in [2.05, 4.69) is 10.4 Å². The molecule has 2 heterocycles. The van der Waals surface area contributed by atoms with Crippen molar-refractivity contribution in [2.45, 2.75) is 43.3 Å². The summed E-state index contributed by atoms with van der Waals surface area (Å²) in [6, 6.07) is 12.3. The monoisotopic (exact) mass is 710 g/mol. The van der Waals surface area contributed by atoms with Crippen molar-refractivity contribution >= 4 is 33.3 Å². The zero-order chi connectivity index (χ0) is 35.9. The molecule has 3 aromatic carbocycles. The number of alkyl halides is 6.